The van der Waals surface area contributed by atoms with Crippen molar-refractivity contribution in [1.29, 1.82) is 0 Å². The Bertz CT molecular complexity index is 1570. The number of hydrogen-bond donors (Lipinski definition) is 2. The van der Waals surface area contributed by atoms with Gasteiger partial charge in [-0.2, -0.15) is 0 Å². The van der Waals surface area contributed by atoms with Gasteiger partial charge in [-0.3, -0.25) is 14.2 Å². The summed E-state index contributed by atoms with van der Waals surface area (Å²) in [7, 11) is 0. The number of primary amides is 1. The molecule has 0 unspecified atom stereocenters. The first-order valence-corrected chi connectivity index (χ1v) is 10.4. The molecule has 4 heterocycles. The summed E-state index contributed by atoms with van der Waals surface area (Å²) >= 11 is 1.40. The summed E-state index contributed by atoms with van der Waals surface area (Å²) in [5.74, 6) is -3.64. The molecule has 5 aromatic rings. The molecule has 0 atom stereocenters. The van der Waals surface area contributed by atoms with E-state index in [2.05, 4.69) is 19.9 Å². The number of pyridine rings is 1. The Morgan fingerprint density at radius 3 is 2.67 bits per heavy atom. The number of rotatable bonds is 5. The number of carbonyl (C=O) groups excluding carboxylic acids is 2. The van der Waals surface area contributed by atoms with Crippen molar-refractivity contribution in [3.05, 3.63) is 83.3 Å². The quantitative estimate of drug-likeness (QED) is 0.384. The smallest absolute Gasteiger partial charge is 0.251 e. The zero-order valence-electron chi connectivity index (χ0n) is 17.0. The molecule has 0 aliphatic rings. The van der Waals surface area contributed by atoms with E-state index < -0.39 is 34.5 Å². The topological polar surface area (TPSA) is 120 Å². The Balaban J connectivity index is 1.59. The Hall–Kier alpha value is -4.25. The number of thiazole rings is 1. The third-order valence-electron chi connectivity index (χ3n) is 5.17. The highest BCUT2D eigenvalue weighted by Gasteiger charge is 2.26. The first-order valence-electron chi connectivity index (χ1n) is 9.61. The lowest BCUT2D eigenvalue weighted by Gasteiger charge is -2.07. The molecule has 0 saturated carbocycles. The number of amides is 1. The molecule has 0 saturated heterocycles. The van der Waals surface area contributed by atoms with Crippen LogP contribution in [-0.2, 0) is 0 Å². The molecule has 4 aromatic heterocycles. The van der Waals surface area contributed by atoms with E-state index in [1.165, 1.54) is 17.5 Å². The molecule has 1 aromatic carbocycles. The maximum atomic E-state index is 14.7. The first-order chi connectivity index (χ1) is 15.8. The molecule has 11 heteroatoms. The van der Waals surface area contributed by atoms with Gasteiger partial charge in [0.2, 0.25) is 5.78 Å². The number of imidazole rings is 1. The van der Waals surface area contributed by atoms with Gasteiger partial charge in [0.15, 0.2) is 5.13 Å². The van der Waals surface area contributed by atoms with Crippen molar-refractivity contribution in [1.82, 2.24) is 24.5 Å². The summed E-state index contributed by atoms with van der Waals surface area (Å²) in [5.41, 5.74) is 4.76. The van der Waals surface area contributed by atoms with E-state index in [4.69, 9.17) is 5.73 Å². The van der Waals surface area contributed by atoms with Gasteiger partial charge in [0.05, 0.1) is 16.0 Å². The molecule has 5 rings (SSSR count). The van der Waals surface area contributed by atoms with Crippen LogP contribution in [0.15, 0.2) is 49.2 Å². The minimum absolute atomic E-state index is 0.00830. The molecule has 8 nitrogen and oxygen atoms in total. The average molecular weight is 464 g/mol. The van der Waals surface area contributed by atoms with Crippen molar-refractivity contribution >= 4 is 34.1 Å². The van der Waals surface area contributed by atoms with E-state index >= 15 is 0 Å². The number of fused-ring (bicyclic) bond motifs is 1. The lowest BCUT2D eigenvalue weighted by Crippen LogP contribution is -2.17. The number of nitrogens with two attached hydrogens (primary N) is 1. The molecule has 3 N–H and O–H groups in total. The first kappa shape index (κ1) is 20.6. The summed E-state index contributed by atoms with van der Waals surface area (Å²) in [6, 6.07) is 3.44. The molecule has 0 aliphatic heterocycles. The standard InChI is InChI=1S/C22H14F2N6O2S/c1-10-26-4-5-30(10)22-29-9-16(33-22)11-6-13-14(8-28-21(13)27-7-11)19(31)17-15(23)3-2-12(18(17)24)20(25)32/h2-9H,1H3,(H2,25,32)(H,27,28). The minimum Gasteiger partial charge on any atom is -0.366 e. The molecule has 0 radical (unpaired) electrons. The van der Waals surface area contributed by atoms with E-state index in [9.17, 15) is 18.4 Å². The number of aromatic nitrogens is 5. The van der Waals surface area contributed by atoms with Crippen molar-refractivity contribution in [2.24, 2.45) is 5.73 Å². The average Bonchev–Trinajstić information content (AvgIpc) is 3.52. The van der Waals surface area contributed by atoms with Gasteiger partial charge in [0.25, 0.3) is 5.91 Å². The van der Waals surface area contributed by atoms with Crippen LogP contribution in [0.4, 0.5) is 8.78 Å². The Labute approximate surface area is 188 Å². The second-order valence-electron chi connectivity index (χ2n) is 7.15. The fourth-order valence-corrected chi connectivity index (χ4v) is 4.43. The third kappa shape index (κ3) is 3.38. The van der Waals surface area contributed by atoms with Crippen LogP contribution in [0, 0.1) is 18.6 Å². The van der Waals surface area contributed by atoms with Gasteiger partial charge in [0, 0.05) is 47.5 Å². The monoisotopic (exact) mass is 464 g/mol. The molecular formula is C22H14F2N6O2S. The molecule has 0 fully saturated rings. The van der Waals surface area contributed by atoms with Gasteiger partial charge in [-0.25, -0.2) is 23.7 Å². The fraction of sp³-hybridized carbons (Fsp3) is 0.0455. The minimum atomic E-state index is -1.30. The molecule has 0 spiro atoms. The van der Waals surface area contributed by atoms with Gasteiger partial charge in [-0.1, -0.05) is 11.3 Å². The SMILES string of the molecule is Cc1nccn1-c1ncc(-c2cnc3[nH]cc(C(=O)c4c(F)ccc(C(N)=O)c4F)c3c2)s1. The molecule has 0 bridgehead atoms. The lowest BCUT2D eigenvalue weighted by atomic mass is 9.99. The van der Waals surface area contributed by atoms with E-state index in [0.717, 1.165) is 22.8 Å². The number of halogens is 2. The summed E-state index contributed by atoms with van der Waals surface area (Å²) < 4.78 is 31.0. The number of nitrogens with zero attached hydrogens (tertiary/aromatic N) is 4. The Kier molecular flexibility index (Phi) is 4.82. The van der Waals surface area contributed by atoms with Crippen molar-refractivity contribution in [3.8, 4) is 15.6 Å². The Morgan fingerprint density at radius 1 is 1.12 bits per heavy atom. The number of ketones is 1. The normalized spacial score (nSPS) is 11.2. The predicted octanol–water partition coefficient (Wildman–Crippen LogP) is 3.79. The van der Waals surface area contributed by atoms with Gasteiger partial charge in [-0.05, 0) is 25.1 Å². The van der Waals surface area contributed by atoms with Crippen molar-refractivity contribution < 1.29 is 18.4 Å². The molecule has 1 amide bonds. The number of benzene rings is 1. The second kappa shape index (κ2) is 7.71. The highest BCUT2D eigenvalue weighted by Crippen LogP contribution is 2.32. The van der Waals surface area contributed by atoms with Gasteiger partial charge in [-0.15, -0.1) is 0 Å². The Morgan fingerprint density at radius 2 is 1.94 bits per heavy atom. The van der Waals surface area contributed by atoms with Crippen LogP contribution in [0.5, 0.6) is 0 Å². The molecule has 0 aliphatic carbocycles. The maximum Gasteiger partial charge on any atom is 0.251 e. The highest BCUT2D eigenvalue weighted by atomic mass is 32.1. The largest absolute Gasteiger partial charge is 0.366 e. The van der Waals surface area contributed by atoms with Gasteiger partial charge >= 0.3 is 0 Å². The number of aromatic amines is 1. The van der Waals surface area contributed by atoms with Crippen LogP contribution >= 0.6 is 11.3 Å². The number of aryl methyl sites for hydroxylation is 1. The summed E-state index contributed by atoms with van der Waals surface area (Å²) in [4.78, 5) is 41.1. The van der Waals surface area contributed by atoms with Gasteiger partial charge in [0.1, 0.15) is 23.1 Å². The van der Waals surface area contributed by atoms with E-state index in [1.807, 2.05) is 11.5 Å². The van der Waals surface area contributed by atoms with E-state index in [0.29, 0.717) is 21.7 Å². The van der Waals surface area contributed by atoms with E-state index in [-0.39, 0.29) is 5.56 Å². The number of H-pyrrole nitrogens is 1. The van der Waals surface area contributed by atoms with Crippen LogP contribution in [0.25, 0.3) is 26.6 Å². The van der Waals surface area contributed by atoms with E-state index in [1.54, 1.807) is 30.9 Å². The fourth-order valence-electron chi connectivity index (χ4n) is 3.50. The van der Waals surface area contributed by atoms with Crippen LogP contribution in [0.1, 0.15) is 32.1 Å². The zero-order valence-corrected chi connectivity index (χ0v) is 17.8. The number of hydrogen-bond acceptors (Lipinski definition) is 6. The lowest BCUT2D eigenvalue weighted by molar-refractivity contribution is 0.0996. The second-order valence-corrected chi connectivity index (χ2v) is 8.16. The summed E-state index contributed by atoms with van der Waals surface area (Å²) in [6.45, 7) is 1.86. The zero-order chi connectivity index (χ0) is 23.3. The third-order valence-corrected chi connectivity index (χ3v) is 6.21. The highest BCUT2D eigenvalue weighted by molar-refractivity contribution is 7.17. The number of carbonyl (C=O) groups is 2. The van der Waals surface area contributed by atoms with Crippen molar-refractivity contribution in [2.45, 2.75) is 6.92 Å². The van der Waals surface area contributed by atoms with Crippen molar-refractivity contribution in [3.63, 3.8) is 0 Å². The van der Waals surface area contributed by atoms with Crippen LogP contribution < -0.4 is 5.73 Å². The van der Waals surface area contributed by atoms with Crippen LogP contribution in [0.3, 0.4) is 0 Å². The molecule has 33 heavy (non-hydrogen) atoms. The maximum absolute atomic E-state index is 14.7. The van der Waals surface area contributed by atoms with Crippen LogP contribution in [-0.4, -0.2) is 36.2 Å². The molecule has 164 valence electrons. The van der Waals surface area contributed by atoms with Gasteiger partial charge < -0.3 is 10.7 Å². The summed E-state index contributed by atoms with van der Waals surface area (Å²) in [6.07, 6.45) is 8.08. The predicted molar refractivity (Wildman–Crippen MR) is 117 cm³/mol. The van der Waals surface area contributed by atoms with Crippen molar-refractivity contribution in [2.75, 3.05) is 0 Å². The summed E-state index contributed by atoms with van der Waals surface area (Å²) in [5, 5.41) is 1.08. The number of nitrogens with one attached hydrogen (secondary N) is 1. The van der Waals surface area contributed by atoms with Crippen LogP contribution in [0.2, 0.25) is 0 Å². The molecular weight excluding hydrogens is 450 g/mol.